The highest BCUT2D eigenvalue weighted by molar-refractivity contribution is 7.12. The summed E-state index contributed by atoms with van der Waals surface area (Å²) in [5.41, 5.74) is 9.82. The molecular formula is C20H27NOS. The molecule has 1 aromatic rings. The molecule has 0 radical (unpaired) electrons. The molecule has 0 aliphatic heterocycles. The van der Waals surface area contributed by atoms with Gasteiger partial charge in [0.15, 0.2) is 5.78 Å². The molecule has 2 aliphatic carbocycles. The summed E-state index contributed by atoms with van der Waals surface area (Å²) < 4.78 is 0. The summed E-state index contributed by atoms with van der Waals surface area (Å²) >= 11 is 1.87. The number of ketones is 1. The van der Waals surface area contributed by atoms with Gasteiger partial charge in [0.05, 0.1) is 0 Å². The van der Waals surface area contributed by atoms with E-state index in [9.17, 15) is 4.79 Å². The first kappa shape index (κ1) is 16.7. The van der Waals surface area contributed by atoms with Crippen LogP contribution >= 0.6 is 11.3 Å². The molecule has 0 bridgehead atoms. The van der Waals surface area contributed by atoms with Gasteiger partial charge in [-0.3, -0.25) is 4.79 Å². The molecular weight excluding hydrogens is 302 g/mol. The fraction of sp³-hybridized carbons (Fsp3) is 0.550. The highest BCUT2D eigenvalue weighted by Crippen LogP contribution is 2.47. The SMILES string of the molecule is CC(=O)c1c(C2C=CC=C(CN)C2C)sc2c1CC(C)(C)CC2. The van der Waals surface area contributed by atoms with Crippen molar-refractivity contribution in [2.45, 2.75) is 52.9 Å². The van der Waals surface area contributed by atoms with Gasteiger partial charge in [-0.15, -0.1) is 11.3 Å². The second-order valence-electron chi connectivity index (χ2n) is 7.79. The molecule has 23 heavy (non-hydrogen) atoms. The van der Waals surface area contributed by atoms with Gasteiger partial charge in [0.1, 0.15) is 0 Å². The summed E-state index contributed by atoms with van der Waals surface area (Å²) in [6.45, 7) is 9.18. The lowest BCUT2D eigenvalue weighted by Crippen LogP contribution is -2.23. The number of rotatable bonds is 3. The molecule has 0 amide bonds. The van der Waals surface area contributed by atoms with E-state index in [1.807, 2.05) is 11.3 Å². The molecule has 124 valence electrons. The van der Waals surface area contributed by atoms with Crippen LogP contribution in [0.1, 0.15) is 65.7 Å². The molecule has 0 aromatic carbocycles. The number of aryl methyl sites for hydroxylation is 1. The largest absolute Gasteiger partial charge is 0.327 e. The Morgan fingerprint density at radius 2 is 2.17 bits per heavy atom. The zero-order valence-electron chi connectivity index (χ0n) is 14.6. The van der Waals surface area contributed by atoms with Gasteiger partial charge in [0.2, 0.25) is 0 Å². The van der Waals surface area contributed by atoms with Crippen LogP contribution in [0, 0.1) is 11.3 Å². The van der Waals surface area contributed by atoms with Crippen LogP contribution in [0.15, 0.2) is 23.8 Å². The average Bonchev–Trinajstić information content (AvgIpc) is 2.84. The standard InChI is InChI=1S/C20H27NOS/c1-12-14(11-21)6-5-7-15(12)19-18(13(2)22)16-10-20(3,4)9-8-17(16)23-19/h5-7,12,15H,8-11,21H2,1-4H3. The summed E-state index contributed by atoms with van der Waals surface area (Å²) in [6.07, 6.45) is 9.83. The fourth-order valence-corrected chi connectivity index (χ4v) is 5.53. The number of hydrogen-bond acceptors (Lipinski definition) is 3. The van der Waals surface area contributed by atoms with Gasteiger partial charge in [0.25, 0.3) is 0 Å². The highest BCUT2D eigenvalue weighted by atomic mass is 32.1. The average molecular weight is 330 g/mol. The minimum absolute atomic E-state index is 0.222. The lowest BCUT2D eigenvalue weighted by atomic mass is 9.74. The van der Waals surface area contributed by atoms with Crippen LogP contribution in [-0.2, 0) is 12.8 Å². The minimum atomic E-state index is 0.222. The van der Waals surface area contributed by atoms with E-state index in [2.05, 4.69) is 39.0 Å². The van der Waals surface area contributed by atoms with Crippen molar-refractivity contribution in [1.29, 1.82) is 0 Å². The molecule has 1 aromatic heterocycles. The van der Waals surface area contributed by atoms with E-state index in [0.717, 1.165) is 18.4 Å². The van der Waals surface area contributed by atoms with Crippen molar-refractivity contribution in [2.75, 3.05) is 6.54 Å². The molecule has 3 heteroatoms. The first-order chi connectivity index (χ1) is 10.8. The third-order valence-corrected chi connectivity index (χ3v) is 6.84. The van der Waals surface area contributed by atoms with Crippen molar-refractivity contribution in [3.63, 3.8) is 0 Å². The van der Waals surface area contributed by atoms with E-state index in [0.29, 0.717) is 17.9 Å². The number of hydrogen-bond donors (Lipinski definition) is 1. The number of carbonyl (C=O) groups is 1. The van der Waals surface area contributed by atoms with Gasteiger partial charge in [-0.2, -0.15) is 0 Å². The van der Waals surface area contributed by atoms with E-state index in [-0.39, 0.29) is 11.7 Å². The molecule has 2 N–H and O–H groups in total. The van der Waals surface area contributed by atoms with Crippen molar-refractivity contribution in [3.05, 3.63) is 44.7 Å². The quantitative estimate of drug-likeness (QED) is 0.821. The summed E-state index contributed by atoms with van der Waals surface area (Å²) in [5.74, 6) is 0.882. The zero-order chi connectivity index (χ0) is 16.8. The predicted molar refractivity (Wildman–Crippen MR) is 98.3 cm³/mol. The molecule has 0 saturated heterocycles. The number of carbonyl (C=O) groups excluding carboxylic acids is 1. The Balaban J connectivity index is 2.08. The second-order valence-corrected chi connectivity index (χ2v) is 8.92. The van der Waals surface area contributed by atoms with Gasteiger partial charge in [0, 0.05) is 27.8 Å². The first-order valence-electron chi connectivity index (χ1n) is 8.57. The lowest BCUT2D eigenvalue weighted by Gasteiger charge is -2.30. The zero-order valence-corrected chi connectivity index (χ0v) is 15.4. The maximum absolute atomic E-state index is 12.5. The van der Waals surface area contributed by atoms with Gasteiger partial charge in [-0.1, -0.05) is 44.6 Å². The van der Waals surface area contributed by atoms with Crippen molar-refractivity contribution in [2.24, 2.45) is 17.1 Å². The predicted octanol–water partition coefficient (Wildman–Crippen LogP) is 4.64. The number of allylic oxidation sites excluding steroid dienone is 3. The van der Waals surface area contributed by atoms with Crippen LogP contribution < -0.4 is 5.73 Å². The first-order valence-corrected chi connectivity index (χ1v) is 9.38. The van der Waals surface area contributed by atoms with E-state index in [1.165, 1.54) is 27.3 Å². The minimum Gasteiger partial charge on any atom is -0.327 e. The highest BCUT2D eigenvalue weighted by Gasteiger charge is 2.35. The van der Waals surface area contributed by atoms with Crippen molar-refractivity contribution in [1.82, 2.24) is 0 Å². The Bertz CT molecular complexity index is 693. The van der Waals surface area contributed by atoms with Crippen molar-refractivity contribution in [3.8, 4) is 0 Å². The molecule has 0 spiro atoms. The monoisotopic (exact) mass is 329 g/mol. The van der Waals surface area contributed by atoms with Crippen molar-refractivity contribution >= 4 is 17.1 Å². The third-order valence-electron chi connectivity index (χ3n) is 5.44. The summed E-state index contributed by atoms with van der Waals surface area (Å²) in [4.78, 5) is 15.2. The third kappa shape index (κ3) is 2.97. The van der Waals surface area contributed by atoms with E-state index < -0.39 is 0 Å². The Morgan fingerprint density at radius 3 is 2.83 bits per heavy atom. The van der Waals surface area contributed by atoms with Gasteiger partial charge >= 0.3 is 0 Å². The van der Waals surface area contributed by atoms with Crippen LogP contribution in [0.5, 0.6) is 0 Å². The van der Waals surface area contributed by atoms with Crippen molar-refractivity contribution < 1.29 is 4.79 Å². The van der Waals surface area contributed by atoms with E-state index in [1.54, 1.807) is 6.92 Å². The normalized spacial score (nSPS) is 25.9. The lowest BCUT2D eigenvalue weighted by molar-refractivity contribution is 0.101. The summed E-state index contributed by atoms with van der Waals surface area (Å²) in [5, 5.41) is 0. The van der Waals surface area contributed by atoms with E-state index in [4.69, 9.17) is 5.73 Å². The summed E-state index contributed by atoms with van der Waals surface area (Å²) in [6, 6.07) is 0. The summed E-state index contributed by atoms with van der Waals surface area (Å²) in [7, 11) is 0. The molecule has 1 heterocycles. The smallest absolute Gasteiger partial charge is 0.161 e. The molecule has 2 atom stereocenters. The number of thiophene rings is 1. The van der Waals surface area contributed by atoms with Crippen LogP contribution in [0.25, 0.3) is 0 Å². The fourth-order valence-electron chi connectivity index (χ4n) is 3.98. The molecule has 3 rings (SSSR count). The van der Waals surface area contributed by atoms with Crippen LogP contribution in [-0.4, -0.2) is 12.3 Å². The van der Waals surface area contributed by atoms with Crippen LogP contribution in [0.3, 0.4) is 0 Å². The van der Waals surface area contributed by atoms with E-state index >= 15 is 0 Å². The maximum Gasteiger partial charge on any atom is 0.161 e. The molecule has 2 aliphatic rings. The van der Waals surface area contributed by atoms with Gasteiger partial charge in [-0.25, -0.2) is 0 Å². The Morgan fingerprint density at radius 1 is 1.43 bits per heavy atom. The Hall–Kier alpha value is -1.19. The topological polar surface area (TPSA) is 43.1 Å². The van der Waals surface area contributed by atoms with Gasteiger partial charge < -0.3 is 5.73 Å². The maximum atomic E-state index is 12.5. The second kappa shape index (κ2) is 6.03. The number of nitrogens with two attached hydrogens (primary N) is 1. The molecule has 0 saturated carbocycles. The van der Waals surface area contributed by atoms with Crippen LogP contribution in [0.4, 0.5) is 0 Å². The van der Waals surface area contributed by atoms with Crippen LogP contribution in [0.2, 0.25) is 0 Å². The Labute approximate surface area is 143 Å². The molecule has 2 unspecified atom stereocenters. The number of fused-ring (bicyclic) bond motifs is 1. The number of Topliss-reactive ketones (excluding diaryl/α,β-unsaturated/α-hetero) is 1. The molecule has 0 fully saturated rings. The van der Waals surface area contributed by atoms with Gasteiger partial charge in [-0.05, 0) is 43.1 Å². The molecule has 2 nitrogen and oxygen atoms in total. The Kier molecular flexibility index (Phi) is 4.37.